The number of rotatable bonds is 2. The highest BCUT2D eigenvalue weighted by Crippen LogP contribution is 2.32. The lowest BCUT2D eigenvalue weighted by atomic mass is 10.5. The van der Waals surface area contributed by atoms with Gasteiger partial charge in [0.1, 0.15) is 4.91 Å². The van der Waals surface area contributed by atoms with Crippen LogP contribution in [0.4, 0.5) is 0 Å². The second-order valence-electron chi connectivity index (χ2n) is 2.66. The van der Waals surface area contributed by atoms with Crippen LogP contribution in [0.3, 0.4) is 0 Å². The van der Waals surface area contributed by atoms with Gasteiger partial charge in [0.25, 0.3) is 0 Å². The summed E-state index contributed by atoms with van der Waals surface area (Å²) in [5.41, 5.74) is 0. The molecule has 0 spiro atoms. The zero-order valence-electron chi connectivity index (χ0n) is 7.96. The number of carbonyl (C=O) groups is 1. The van der Waals surface area contributed by atoms with E-state index < -0.39 is 0 Å². The van der Waals surface area contributed by atoms with Gasteiger partial charge in [-0.05, 0) is 31.8 Å². The summed E-state index contributed by atoms with van der Waals surface area (Å²) in [6, 6.07) is 0. The van der Waals surface area contributed by atoms with Crippen molar-refractivity contribution in [1.29, 1.82) is 0 Å². The highest BCUT2D eigenvalue weighted by molar-refractivity contribution is 8.07. The van der Waals surface area contributed by atoms with Gasteiger partial charge in [-0.1, -0.05) is 0 Å². The molecule has 0 amide bonds. The Morgan fingerprint density at radius 2 is 2.15 bits per heavy atom. The normalized spacial score (nSPS) is 18.3. The largest absolute Gasteiger partial charge is 0.462 e. The minimum atomic E-state index is -0.153. The van der Waals surface area contributed by atoms with Crippen LogP contribution in [0.1, 0.15) is 20.3 Å². The molecule has 0 saturated heterocycles. The van der Waals surface area contributed by atoms with Crippen molar-refractivity contribution in [1.82, 2.24) is 0 Å². The van der Waals surface area contributed by atoms with E-state index >= 15 is 0 Å². The van der Waals surface area contributed by atoms with Crippen LogP contribution in [0.15, 0.2) is 9.81 Å². The Kier molecular flexibility index (Phi) is 4.73. The molecule has 0 aromatic heterocycles. The van der Waals surface area contributed by atoms with E-state index in [1.807, 2.05) is 13.8 Å². The van der Waals surface area contributed by atoms with Crippen LogP contribution in [-0.2, 0) is 9.53 Å². The SMILES string of the molecule is CCOC(=O)C1=C(C)SCCCS1. The lowest BCUT2D eigenvalue weighted by Gasteiger charge is -2.06. The molecule has 1 aliphatic rings. The first-order chi connectivity index (χ1) is 6.25. The predicted octanol–water partition coefficient (Wildman–Crippen LogP) is 2.65. The average Bonchev–Trinajstić information content (AvgIpc) is 2.30. The van der Waals surface area contributed by atoms with Crippen molar-refractivity contribution in [3.8, 4) is 0 Å². The maximum absolute atomic E-state index is 11.4. The summed E-state index contributed by atoms with van der Waals surface area (Å²) in [7, 11) is 0. The smallest absolute Gasteiger partial charge is 0.345 e. The molecule has 0 N–H and O–H groups in total. The molecule has 0 atom stereocenters. The molecular weight excluding hydrogens is 204 g/mol. The molecule has 0 aromatic rings. The van der Waals surface area contributed by atoms with Gasteiger partial charge in [0.05, 0.1) is 6.61 Å². The van der Waals surface area contributed by atoms with Crippen LogP contribution in [0.2, 0.25) is 0 Å². The summed E-state index contributed by atoms with van der Waals surface area (Å²) in [6.07, 6.45) is 1.16. The van der Waals surface area contributed by atoms with Gasteiger partial charge in [0.2, 0.25) is 0 Å². The third-order valence-electron chi connectivity index (χ3n) is 1.63. The van der Waals surface area contributed by atoms with Gasteiger partial charge in [-0.3, -0.25) is 0 Å². The number of hydrogen-bond acceptors (Lipinski definition) is 4. The molecule has 1 aliphatic heterocycles. The summed E-state index contributed by atoms with van der Waals surface area (Å²) in [4.78, 5) is 13.4. The van der Waals surface area contributed by atoms with Crippen LogP contribution in [0, 0.1) is 0 Å². The zero-order valence-corrected chi connectivity index (χ0v) is 9.59. The van der Waals surface area contributed by atoms with Crippen molar-refractivity contribution in [2.75, 3.05) is 18.1 Å². The Labute approximate surface area is 87.5 Å². The molecule has 0 radical (unpaired) electrons. The van der Waals surface area contributed by atoms with Gasteiger partial charge in [-0.2, -0.15) is 0 Å². The van der Waals surface area contributed by atoms with E-state index in [2.05, 4.69) is 0 Å². The molecule has 74 valence electrons. The predicted molar refractivity (Wildman–Crippen MR) is 58.9 cm³/mol. The first-order valence-corrected chi connectivity index (χ1v) is 6.36. The zero-order chi connectivity index (χ0) is 9.68. The van der Waals surface area contributed by atoms with Crippen molar-refractivity contribution in [3.05, 3.63) is 9.81 Å². The van der Waals surface area contributed by atoms with Crippen LogP contribution >= 0.6 is 23.5 Å². The highest BCUT2D eigenvalue weighted by Gasteiger charge is 2.17. The molecule has 0 aliphatic carbocycles. The van der Waals surface area contributed by atoms with E-state index in [-0.39, 0.29) is 5.97 Å². The third kappa shape index (κ3) is 3.27. The molecule has 2 nitrogen and oxygen atoms in total. The maximum Gasteiger partial charge on any atom is 0.345 e. The van der Waals surface area contributed by atoms with Gasteiger partial charge >= 0.3 is 5.97 Å². The maximum atomic E-state index is 11.4. The molecule has 1 rings (SSSR count). The monoisotopic (exact) mass is 218 g/mol. The quantitative estimate of drug-likeness (QED) is 0.666. The molecule has 0 aromatic carbocycles. The second-order valence-corrected chi connectivity index (χ2v) is 5.07. The van der Waals surface area contributed by atoms with Gasteiger partial charge in [-0.25, -0.2) is 4.79 Å². The third-order valence-corrected chi connectivity index (χ3v) is 4.15. The van der Waals surface area contributed by atoms with Gasteiger partial charge in [-0.15, -0.1) is 23.5 Å². The molecule has 0 bridgehead atoms. The summed E-state index contributed by atoms with van der Waals surface area (Å²) < 4.78 is 4.98. The van der Waals surface area contributed by atoms with Gasteiger partial charge < -0.3 is 4.74 Å². The lowest BCUT2D eigenvalue weighted by Crippen LogP contribution is -2.06. The number of ether oxygens (including phenoxy) is 1. The number of thioether (sulfide) groups is 2. The molecule has 0 fully saturated rings. The van der Waals surface area contributed by atoms with Crippen LogP contribution in [0.5, 0.6) is 0 Å². The van der Waals surface area contributed by atoms with Gasteiger partial charge in [0, 0.05) is 4.91 Å². The summed E-state index contributed by atoms with van der Waals surface area (Å²) in [5.74, 6) is 1.99. The molecule has 4 heteroatoms. The van der Waals surface area contributed by atoms with Gasteiger partial charge in [0.15, 0.2) is 0 Å². The van der Waals surface area contributed by atoms with E-state index in [9.17, 15) is 4.79 Å². The van der Waals surface area contributed by atoms with Crippen molar-refractivity contribution in [2.24, 2.45) is 0 Å². The van der Waals surface area contributed by atoms with E-state index in [4.69, 9.17) is 4.74 Å². The van der Waals surface area contributed by atoms with E-state index in [0.717, 1.165) is 27.7 Å². The van der Waals surface area contributed by atoms with Crippen LogP contribution in [-0.4, -0.2) is 24.1 Å². The Hall–Kier alpha value is -0.0900. The fourth-order valence-electron chi connectivity index (χ4n) is 1.02. The number of carbonyl (C=O) groups excluding carboxylic acids is 1. The van der Waals surface area contributed by atoms with Crippen molar-refractivity contribution >= 4 is 29.5 Å². The van der Waals surface area contributed by atoms with Crippen molar-refractivity contribution in [2.45, 2.75) is 20.3 Å². The molecule has 0 saturated carbocycles. The van der Waals surface area contributed by atoms with Crippen molar-refractivity contribution < 1.29 is 9.53 Å². The Balaban J connectivity index is 2.67. The standard InChI is InChI=1S/C9H14O2S2/c1-3-11-9(10)8-7(2)12-5-4-6-13-8/h3-6H2,1-2H3. The fourth-order valence-corrected chi connectivity index (χ4v) is 3.24. The minimum Gasteiger partial charge on any atom is -0.462 e. The Morgan fingerprint density at radius 3 is 2.85 bits per heavy atom. The first-order valence-electron chi connectivity index (χ1n) is 4.39. The molecule has 13 heavy (non-hydrogen) atoms. The summed E-state index contributed by atoms with van der Waals surface area (Å²) in [5, 5.41) is 0. The average molecular weight is 218 g/mol. The highest BCUT2D eigenvalue weighted by atomic mass is 32.2. The lowest BCUT2D eigenvalue weighted by molar-refractivity contribution is -0.137. The topological polar surface area (TPSA) is 26.3 Å². The van der Waals surface area contributed by atoms with E-state index in [1.165, 1.54) is 0 Å². The molecule has 1 heterocycles. The number of esters is 1. The van der Waals surface area contributed by atoms with Crippen molar-refractivity contribution in [3.63, 3.8) is 0 Å². The fraction of sp³-hybridized carbons (Fsp3) is 0.667. The minimum absolute atomic E-state index is 0.153. The van der Waals surface area contributed by atoms with Crippen LogP contribution in [0.25, 0.3) is 0 Å². The summed E-state index contributed by atoms with van der Waals surface area (Å²) in [6.45, 7) is 4.29. The Bertz CT molecular complexity index is 224. The van der Waals surface area contributed by atoms with Crippen LogP contribution < -0.4 is 0 Å². The molecule has 0 unspecified atom stereocenters. The Morgan fingerprint density at radius 1 is 1.46 bits per heavy atom. The second kappa shape index (κ2) is 5.60. The van der Waals surface area contributed by atoms with E-state index in [1.54, 1.807) is 23.5 Å². The number of allylic oxidation sites excluding steroid dienone is 1. The summed E-state index contributed by atoms with van der Waals surface area (Å²) >= 11 is 3.38. The first kappa shape index (κ1) is 11.0. The number of hydrogen-bond donors (Lipinski definition) is 0. The van der Waals surface area contributed by atoms with E-state index in [0.29, 0.717) is 6.61 Å². The molecular formula is C9H14O2S2.